The van der Waals surface area contributed by atoms with Crippen molar-refractivity contribution in [2.45, 2.75) is 39.2 Å². The highest BCUT2D eigenvalue weighted by Gasteiger charge is 2.26. The fourth-order valence-electron chi connectivity index (χ4n) is 4.18. The van der Waals surface area contributed by atoms with Crippen LogP contribution in [0.2, 0.25) is 5.02 Å². The van der Waals surface area contributed by atoms with Crippen molar-refractivity contribution in [3.63, 3.8) is 0 Å². The lowest BCUT2D eigenvalue weighted by atomic mass is 9.97. The number of carbonyl (C=O) groups is 1. The second kappa shape index (κ2) is 10.7. The monoisotopic (exact) mass is 452 g/mol. The van der Waals surface area contributed by atoms with Gasteiger partial charge < -0.3 is 9.84 Å². The van der Waals surface area contributed by atoms with E-state index in [4.69, 9.17) is 16.1 Å². The summed E-state index contributed by atoms with van der Waals surface area (Å²) in [4.78, 5) is 19.4. The number of halogens is 1. The van der Waals surface area contributed by atoms with Crippen LogP contribution >= 0.6 is 11.6 Å². The van der Waals surface area contributed by atoms with Gasteiger partial charge in [-0.2, -0.15) is 4.98 Å². The standard InChI is InChI=1S/C25H29ClN4O2/c1-18-6-2-7-19(14-18)8-4-12-27-25(31)21-10-5-13-30(16-21)17-23-28-24(29-32-23)20-9-3-11-22(26)15-20/h2-3,6-7,9,11,14-15,21H,4-5,8,10,12-13,16-17H2,1H3,(H,27,31). The van der Waals surface area contributed by atoms with Crippen LogP contribution in [0.5, 0.6) is 0 Å². The molecule has 168 valence electrons. The summed E-state index contributed by atoms with van der Waals surface area (Å²) in [5.74, 6) is 1.23. The van der Waals surface area contributed by atoms with E-state index in [1.54, 1.807) is 0 Å². The van der Waals surface area contributed by atoms with E-state index in [1.165, 1.54) is 11.1 Å². The Morgan fingerprint density at radius 1 is 1.25 bits per heavy atom. The van der Waals surface area contributed by atoms with Crippen LogP contribution in [0.25, 0.3) is 11.4 Å². The molecule has 1 amide bonds. The van der Waals surface area contributed by atoms with E-state index in [0.717, 1.165) is 37.8 Å². The molecule has 0 spiro atoms. The summed E-state index contributed by atoms with van der Waals surface area (Å²) < 4.78 is 5.44. The summed E-state index contributed by atoms with van der Waals surface area (Å²) in [6.45, 7) is 4.98. The number of aromatic nitrogens is 2. The minimum atomic E-state index is -0.00181. The quantitative estimate of drug-likeness (QED) is 0.503. The Balaban J connectivity index is 1.24. The molecule has 7 heteroatoms. The first-order valence-corrected chi connectivity index (χ1v) is 11.6. The second-order valence-corrected chi connectivity index (χ2v) is 8.92. The third kappa shape index (κ3) is 6.17. The van der Waals surface area contributed by atoms with Crippen LogP contribution in [0.3, 0.4) is 0 Å². The maximum Gasteiger partial charge on any atom is 0.241 e. The van der Waals surface area contributed by atoms with Crippen molar-refractivity contribution in [2.24, 2.45) is 5.92 Å². The zero-order chi connectivity index (χ0) is 22.3. The lowest BCUT2D eigenvalue weighted by Gasteiger charge is -2.30. The maximum atomic E-state index is 12.7. The summed E-state index contributed by atoms with van der Waals surface area (Å²) >= 11 is 6.05. The van der Waals surface area contributed by atoms with E-state index in [-0.39, 0.29) is 11.8 Å². The van der Waals surface area contributed by atoms with Gasteiger partial charge in [-0.15, -0.1) is 0 Å². The van der Waals surface area contributed by atoms with Gasteiger partial charge in [-0.3, -0.25) is 9.69 Å². The summed E-state index contributed by atoms with van der Waals surface area (Å²) in [5.41, 5.74) is 3.42. The van der Waals surface area contributed by atoms with E-state index in [9.17, 15) is 4.79 Å². The molecule has 3 aromatic rings. The summed E-state index contributed by atoms with van der Waals surface area (Å²) in [6, 6.07) is 15.9. The topological polar surface area (TPSA) is 71.3 Å². The van der Waals surface area contributed by atoms with Crippen LogP contribution in [0.15, 0.2) is 53.1 Å². The van der Waals surface area contributed by atoms with Crippen molar-refractivity contribution in [1.29, 1.82) is 0 Å². The Labute approximate surface area is 194 Å². The van der Waals surface area contributed by atoms with Crippen LogP contribution in [0.4, 0.5) is 0 Å². The first-order chi connectivity index (χ1) is 15.6. The molecule has 0 bridgehead atoms. The van der Waals surface area contributed by atoms with E-state index >= 15 is 0 Å². The zero-order valence-corrected chi connectivity index (χ0v) is 19.1. The molecule has 0 saturated carbocycles. The molecule has 6 nitrogen and oxygen atoms in total. The Morgan fingerprint density at radius 2 is 2.12 bits per heavy atom. The first-order valence-electron chi connectivity index (χ1n) is 11.2. The number of rotatable bonds is 8. The fraction of sp³-hybridized carbons (Fsp3) is 0.400. The van der Waals surface area contributed by atoms with E-state index in [1.807, 2.05) is 24.3 Å². The largest absolute Gasteiger partial charge is 0.356 e. The van der Waals surface area contributed by atoms with Gasteiger partial charge >= 0.3 is 0 Å². The van der Waals surface area contributed by atoms with E-state index in [0.29, 0.717) is 36.4 Å². The van der Waals surface area contributed by atoms with Gasteiger partial charge in [0.1, 0.15) is 0 Å². The SMILES string of the molecule is Cc1cccc(CCCNC(=O)C2CCCN(Cc3nc(-c4cccc(Cl)c4)no3)C2)c1. The van der Waals surface area contributed by atoms with Gasteiger partial charge in [0.15, 0.2) is 0 Å². The number of hydrogen-bond donors (Lipinski definition) is 1. The zero-order valence-electron chi connectivity index (χ0n) is 18.4. The Kier molecular flexibility index (Phi) is 7.55. The van der Waals surface area contributed by atoms with Crippen molar-refractivity contribution >= 4 is 17.5 Å². The number of nitrogens with one attached hydrogen (secondary N) is 1. The number of piperidine rings is 1. The van der Waals surface area contributed by atoms with Crippen LogP contribution < -0.4 is 5.32 Å². The van der Waals surface area contributed by atoms with Gasteiger partial charge in [-0.05, 0) is 56.8 Å². The first kappa shape index (κ1) is 22.5. The molecule has 1 aliphatic rings. The molecule has 1 fully saturated rings. The Hall–Kier alpha value is -2.70. The lowest BCUT2D eigenvalue weighted by molar-refractivity contribution is -0.126. The average molecular weight is 453 g/mol. The molecule has 1 aliphatic heterocycles. The fourth-order valence-corrected chi connectivity index (χ4v) is 4.37. The number of nitrogens with zero attached hydrogens (tertiary/aromatic N) is 3. The van der Waals surface area contributed by atoms with Crippen molar-refractivity contribution in [2.75, 3.05) is 19.6 Å². The lowest BCUT2D eigenvalue weighted by Crippen LogP contribution is -2.43. The summed E-state index contributed by atoms with van der Waals surface area (Å²) in [7, 11) is 0. The van der Waals surface area contributed by atoms with Crippen LogP contribution in [0, 0.1) is 12.8 Å². The molecule has 4 rings (SSSR count). The highest BCUT2D eigenvalue weighted by molar-refractivity contribution is 6.30. The second-order valence-electron chi connectivity index (χ2n) is 8.48. The van der Waals surface area contributed by atoms with Crippen LogP contribution in [-0.2, 0) is 17.8 Å². The highest BCUT2D eigenvalue weighted by Crippen LogP contribution is 2.22. The number of likely N-dealkylation sites (tertiary alicyclic amines) is 1. The van der Waals surface area contributed by atoms with Crippen molar-refractivity contribution in [3.05, 3.63) is 70.6 Å². The van der Waals surface area contributed by atoms with Crippen molar-refractivity contribution in [1.82, 2.24) is 20.4 Å². The average Bonchev–Trinajstić information content (AvgIpc) is 3.25. The predicted octanol–water partition coefficient (Wildman–Crippen LogP) is 4.66. The smallest absolute Gasteiger partial charge is 0.241 e. The van der Waals surface area contributed by atoms with Crippen molar-refractivity contribution in [3.8, 4) is 11.4 Å². The molecule has 1 aromatic heterocycles. The van der Waals surface area contributed by atoms with Gasteiger partial charge in [0.2, 0.25) is 17.6 Å². The molecule has 2 heterocycles. The molecular weight excluding hydrogens is 424 g/mol. The molecule has 1 saturated heterocycles. The normalized spacial score (nSPS) is 16.8. The van der Waals surface area contributed by atoms with Gasteiger partial charge in [-0.1, -0.05) is 58.7 Å². The molecule has 0 radical (unpaired) electrons. The minimum absolute atomic E-state index is 0.00181. The van der Waals surface area contributed by atoms with Gasteiger partial charge in [0.25, 0.3) is 0 Å². The molecule has 1 atom stereocenters. The molecular formula is C25H29ClN4O2. The number of hydrogen-bond acceptors (Lipinski definition) is 5. The maximum absolute atomic E-state index is 12.7. The van der Waals surface area contributed by atoms with E-state index < -0.39 is 0 Å². The highest BCUT2D eigenvalue weighted by atomic mass is 35.5. The van der Waals surface area contributed by atoms with Gasteiger partial charge in [0.05, 0.1) is 12.5 Å². The van der Waals surface area contributed by atoms with Gasteiger partial charge in [0, 0.05) is 23.7 Å². The number of carbonyl (C=O) groups excluding carboxylic acids is 1. The Bertz CT molecular complexity index is 1050. The Morgan fingerprint density at radius 3 is 2.97 bits per heavy atom. The molecule has 0 aliphatic carbocycles. The molecule has 1 N–H and O–H groups in total. The van der Waals surface area contributed by atoms with Crippen molar-refractivity contribution < 1.29 is 9.32 Å². The van der Waals surface area contributed by atoms with Gasteiger partial charge in [-0.25, -0.2) is 0 Å². The minimum Gasteiger partial charge on any atom is -0.356 e. The predicted molar refractivity (Wildman–Crippen MR) is 125 cm³/mol. The van der Waals surface area contributed by atoms with E-state index in [2.05, 4.69) is 51.5 Å². The number of benzene rings is 2. The van der Waals surface area contributed by atoms with Crippen LogP contribution in [0.1, 0.15) is 36.3 Å². The molecule has 1 unspecified atom stereocenters. The third-order valence-corrected chi connectivity index (χ3v) is 6.05. The molecule has 2 aromatic carbocycles. The molecule has 32 heavy (non-hydrogen) atoms. The number of amides is 1. The van der Waals surface area contributed by atoms with Crippen LogP contribution in [-0.4, -0.2) is 40.6 Å². The third-order valence-electron chi connectivity index (χ3n) is 5.81. The number of aryl methyl sites for hydroxylation is 2. The summed E-state index contributed by atoms with van der Waals surface area (Å²) in [6.07, 6.45) is 3.82. The summed E-state index contributed by atoms with van der Waals surface area (Å²) in [5, 5.41) is 7.84.